The van der Waals surface area contributed by atoms with E-state index in [2.05, 4.69) is 61.3 Å². The lowest BCUT2D eigenvalue weighted by Crippen LogP contribution is -2.20. The molecule has 0 saturated carbocycles. The SMILES string of the molecule is CCN1C(S)c2ccccc2C1S. The van der Waals surface area contributed by atoms with E-state index in [1.807, 2.05) is 0 Å². The molecule has 0 aliphatic carbocycles. The van der Waals surface area contributed by atoms with E-state index in [-0.39, 0.29) is 10.7 Å². The third-order valence-electron chi connectivity index (χ3n) is 2.55. The van der Waals surface area contributed by atoms with Gasteiger partial charge in [-0.1, -0.05) is 31.2 Å². The highest BCUT2D eigenvalue weighted by molar-refractivity contribution is 7.81. The van der Waals surface area contributed by atoms with E-state index in [0.29, 0.717) is 0 Å². The summed E-state index contributed by atoms with van der Waals surface area (Å²) < 4.78 is 0. The van der Waals surface area contributed by atoms with Crippen molar-refractivity contribution in [2.24, 2.45) is 0 Å². The van der Waals surface area contributed by atoms with Crippen LogP contribution in [0, 0.1) is 0 Å². The molecular weight excluding hydrogens is 198 g/mol. The number of hydrogen-bond acceptors (Lipinski definition) is 3. The van der Waals surface area contributed by atoms with E-state index >= 15 is 0 Å². The summed E-state index contributed by atoms with van der Waals surface area (Å²) in [5, 5.41) is 0.424. The second kappa shape index (κ2) is 3.56. The molecule has 2 rings (SSSR count). The molecule has 70 valence electrons. The molecular formula is C10H13NS2. The molecule has 0 bridgehead atoms. The summed E-state index contributed by atoms with van der Waals surface area (Å²) in [6, 6.07) is 8.38. The van der Waals surface area contributed by atoms with Crippen LogP contribution in [0.3, 0.4) is 0 Å². The first-order valence-electron chi connectivity index (χ1n) is 4.46. The van der Waals surface area contributed by atoms with Gasteiger partial charge in [0.05, 0.1) is 10.7 Å². The van der Waals surface area contributed by atoms with E-state index in [0.717, 1.165) is 6.54 Å². The maximum Gasteiger partial charge on any atom is 0.0799 e. The van der Waals surface area contributed by atoms with Gasteiger partial charge in [0.15, 0.2) is 0 Å². The molecule has 1 aromatic carbocycles. The fourth-order valence-corrected chi connectivity index (χ4v) is 2.99. The number of hydrogen-bond donors (Lipinski definition) is 2. The Morgan fingerprint density at radius 3 is 2.00 bits per heavy atom. The lowest BCUT2D eigenvalue weighted by atomic mass is 10.1. The monoisotopic (exact) mass is 211 g/mol. The van der Waals surface area contributed by atoms with Crippen molar-refractivity contribution < 1.29 is 0 Å². The first-order chi connectivity index (χ1) is 6.25. The van der Waals surface area contributed by atoms with Gasteiger partial charge in [-0.15, -0.1) is 0 Å². The Bertz CT molecular complexity index is 285. The average molecular weight is 211 g/mol. The molecule has 1 aliphatic rings. The second-order valence-corrected chi connectivity index (χ2v) is 4.18. The standard InChI is InChI=1S/C10H13NS2/c1-2-11-9(12)7-5-3-4-6-8(7)10(11)13/h3-6,9-10,12-13H,2H2,1H3. The molecule has 13 heavy (non-hydrogen) atoms. The zero-order valence-corrected chi connectivity index (χ0v) is 9.30. The van der Waals surface area contributed by atoms with E-state index < -0.39 is 0 Å². The van der Waals surface area contributed by atoms with Crippen LogP contribution >= 0.6 is 25.3 Å². The highest BCUT2D eigenvalue weighted by Gasteiger charge is 2.32. The smallest absolute Gasteiger partial charge is 0.0799 e. The number of benzene rings is 1. The molecule has 0 radical (unpaired) electrons. The summed E-state index contributed by atoms with van der Waals surface area (Å²) >= 11 is 9.17. The third kappa shape index (κ3) is 1.39. The Morgan fingerprint density at radius 1 is 1.15 bits per heavy atom. The second-order valence-electron chi connectivity index (χ2n) is 3.21. The Hall–Kier alpha value is -0.120. The van der Waals surface area contributed by atoms with Gasteiger partial charge in [-0.3, -0.25) is 4.90 Å². The predicted octanol–water partition coefficient (Wildman–Crippen LogP) is 2.88. The first kappa shape index (κ1) is 9.44. The molecule has 3 heteroatoms. The van der Waals surface area contributed by atoms with Gasteiger partial charge in [0.2, 0.25) is 0 Å². The quantitative estimate of drug-likeness (QED) is 0.676. The van der Waals surface area contributed by atoms with Crippen LogP contribution in [0.15, 0.2) is 24.3 Å². The van der Waals surface area contributed by atoms with Gasteiger partial charge in [-0.2, -0.15) is 25.3 Å². The topological polar surface area (TPSA) is 3.24 Å². The molecule has 1 nitrogen and oxygen atoms in total. The number of thiol groups is 2. The summed E-state index contributed by atoms with van der Waals surface area (Å²) in [5.41, 5.74) is 2.60. The summed E-state index contributed by atoms with van der Waals surface area (Å²) in [4.78, 5) is 2.26. The third-order valence-corrected chi connectivity index (χ3v) is 3.70. The van der Waals surface area contributed by atoms with Crippen molar-refractivity contribution in [1.29, 1.82) is 0 Å². The fourth-order valence-electron chi connectivity index (χ4n) is 1.82. The van der Waals surface area contributed by atoms with Crippen molar-refractivity contribution in [1.82, 2.24) is 4.90 Å². The zero-order valence-electron chi connectivity index (χ0n) is 7.51. The van der Waals surface area contributed by atoms with Gasteiger partial charge in [0.25, 0.3) is 0 Å². The van der Waals surface area contributed by atoms with Crippen LogP contribution in [-0.4, -0.2) is 11.4 Å². The highest BCUT2D eigenvalue weighted by atomic mass is 32.1. The van der Waals surface area contributed by atoms with Crippen LogP contribution < -0.4 is 0 Å². The van der Waals surface area contributed by atoms with Crippen LogP contribution in [0.25, 0.3) is 0 Å². The van der Waals surface area contributed by atoms with Crippen LogP contribution in [0.5, 0.6) is 0 Å². The van der Waals surface area contributed by atoms with Gasteiger partial charge in [0.1, 0.15) is 0 Å². The van der Waals surface area contributed by atoms with Gasteiger partial charge in [-0.25, -0.2) is 0 Å². The first-order valence-corrected chi connectivity index (χ1v) is 5.49. The molecule has 1 heterocycles. The fraction of sp³-hybridized carbons (Fsp3) is 0.400. The van der Waals surface area contributed by atoms with Crippen LogP contribution in [0.2, 0.25) is 0 Å². The van der Waals surface area contributed by atoms with E-state index in [1.54, 1.807) is 0 Å². The highest BCUT2D eigenvalue weighted by Crippen LogP contribution is 2.45. The maximum atomic E-state index is 4.58. The Balaban J connectivity index is 2.44. The summed E-state index contributed by atoms with van der Waals surface area (Å²) in [5.74, 6) is 0. The van der Waals surface area contributed by atoms with Gasteiger partial charge < -0.3 is 0 Å². The number of fused-ring (bicyclic) bond motifs is 1. The molecule has 0 amide bonds. The molecule has 1 aromatic rings. The molecule has 0 fully saturated rings. The number of rotatable bonds is 1. The van der Waals surface area contributed by atoms with E-state index in [1.165, 1.54) is 11.1 Å². The maximum absolute atomic E-state index is 4.58. The minimum atomic E-state index is 0.212. The van der Waals surface area contributed by atoms with Crippen molar-refractivity contribution in [2.45, 2.75) is 17.7 Å². The lowest BCUT2D eigenvalue weighted by Gasteiger charge is -2.22. The summed E-state index contributed by atoms with van der Waals surface area (Å²) in [6.07, 6.45) is 0. The molecule has 2 unspecified atom stereocenters. The summed E-state index contributed by atoms with van der Waals surface area (Å²) in [6.45, 7) is 3.12. The largest absolute Gasteiger partial charge is 0.272 e. The number of nitrogens with zero attached hydrogens (tertiary/aromatic N) is 1. The molecule has 0 N–H and O–H groups in total. The molecule has 1 aliphatic heterocycles. The minimum absolute atomic E-state index is 0.212. The van der Waals surface area contributed by atoms with E-state index in [9.17, 15) is 0 Å². The van der Waals surface area contributed by atoms with Crippen LogP contribution in [-0.2, 0) is 0 Å². The molecule has 0 aromatic heterocycles. The minimum Gasteiger partial charge on any atom is -0.272 e. The molecule has 0 spiro atoms. The van der Waals surface area contributed by atoms with Crippen molar-refractivity contribution in [3.63, 3.8) is 0 Å². The van der Waals surface area contributed by atoms with Crippen LogP contribution in [0.4, 0.5) is 0 Å². The van der Waals surface area contributed by atoms with E-state index in [4.69, 9.17) is 0 Å². The van der Waals surface area contributed by atoms with Crippen molar-refractivity contribution in [3.05, 3.63) is 35.4 Å². The van der Waals surface area contributed by atoms with Crippen molar-refractivity contribution >= 4 is 25.3 Å². The van der Waals surface area contributed by atoms with Gasteiger partial charge >= 0.3 is 0 Å². The Labute approximate surface area is 90.0 Å². The summed E-state index contributed by atoms with van der Waals surface area (Å²) in [7, 11) is 0. The Morgan fingerprint density at radius 2 is 1.62 bits per heavy atom. The van der Waals surface area contributed by atoms with Crippen molar-refractivity contribution in [2.75, 3.05) is 6.54 Å². The normalized spacial score (nSPS) is 27.6. The van der Waals surface area contributed by atoms with Crippen LogP contribution in [0.1, 0.15) is 28.8 Å². The predicted molar refractivity (Wildman–Crippen MR) is 62.3 cm³/mol. The molecule has 0 saturated heterocycles. The van der Waals surface area contributed by atoms with Crippen molar-refractivity contribution in [3.8, 4) is 0 Å². The van der Waals surface area contributed by atoms with Gasteiger partial charge in [0, 0.05) is 0 Å². The zero-order chi connectivity index (χ0) is 9.42. The lowest BCUT2D eigenvalue weighted by molar-refractivity contribution is 0.288. The Kier molecular flexibility index (Phi) is 2.58. The van der Waals surface area contributed by atoms with Gasteiger partial charge in [-0.05, 0) is 17.7 Å². The molecule has 2 atom stereocenters. The average Bonchev–Trinajstić information content (AvgIpc) is 2.41.